The fourth-order valence-electron chi connectivity index (χ4n) is 3.96. The molecule has 3 heteroatoms. The molecule has 1 heterocycles. The second-order valence-corrected chi connectivity index (χ2v) is 7.19. The number of carbonyl (C=O) groups is 1. The van der Waals surface area contributed by atoms with Gasteiger partial charge in [0, 0.05) is 18.8 Å². The summed E-state index contributed by atoms with van der Waals surface area (Å²) in [7, 11) is 1.86. The van der Waals surface area contributed by atoms with E-state index < -0.39 is 5.41 Å². The number of amides is 1. The standard InChI is InChI=1S/C18H26N2O/c1-18(2)14-11-13(9-10-15(14)20(3)17(18)21)16(19)12-7-5-4-6-8-12/h9-12,16H,4-8,19H2,1-3H3. The number of rotatable bonds is 2. The van der Waals surface area contributed by atoms with E-state index in [1.807, 2.05) is 20.9 Å². The number of carbonyl (C=O) groups excluding carboxylic acids is 1. The maximum Gasteiger partial charge on any atom is 0.236 e. The predicted molar refractivity (Wildman–Crippen MR) is 86.4 cm³/mol. The Morgan fingerprint density at radius 3 is 2.57 bits per heavy atom. The highest BCUT2D eigenvalue weighted by atomic mass is 16.2. The van der Waals surface area contributed by atoms with Crippen LogP contribution in [-0.2, 0) is 10.2 Å². The molecule has 1 aliphatic heterocycles. The third-order valence-corrected chi connectivity index (χ3v) is 5.44. The first kappa shape index (κ1) is 14.6. The third kappa shape index (κ3) is 2.28. The zero-order valence-electron chi connectivity index (χ0n) is 13.4. The highest BCUT2D eigenvalue weighted by molar-refractivity contribution is 6.07. The molecule has 0 bridgehead atoms. The summed E-state index contributed by atoms with van der Waals surface area (Å²) in [6, 6.07) is 6.46. The zero-order chi connectivity index (χ0) is 15.2. The number of nitrogens with two attached hydrogens (primary N) is 1. The molecule has 0 radical (unpaired) electrons. The summed E-state index contributed by atoms with van der Waals surface area (Å²) in [5.41, 5.74) is 9.43. The lowest BCUT2D eigenvalue weighted by molar-refractivity contribution is -0.121. The molecule has 1 atom stereocenters. The molecule has 21 heavy (non-hydrogen) atoms. The van der Waals surface area contributed by atoms with Crippen molar-refractivity contribution in [2.24, 2.45) is 11.7 Å². The molecule has 1 fully saturated rings. The van der Waals surface area contributed by atoms with Gasteiger partial charge in [-0.05, 0) is 49.8 Å². The summed E-state index contributed by atoms with van der Waals surface area (Å²) in [6.45, 7) is 4.02. The van der Waals surface area contributed by atoms with E-state index in [-0.39, 0.29) is 11.9 Å². The fraction of sp³-hybridized carbons (Fsp3) is 0.611. The Kier molecular flexibility index (Phi) is 3.56. The smallest absolute Gasteiger partial charge is 0.236 e. The van der Waals surface area contributed by atoms with E-state index in [2.05, 4.69) is 18.2 Å². The van der Waals surface area contributed by atoms with Gasteiger partial charge in [-0.3, -0.25) is 4.79 Å². The quantitative estimate of drug-likeness (QED) is 0.904. The third-order valence-electron chi connectivity index (χ3n) is 5.44. The van der Waals surface area contributed by atoms with Crippen LogP contribution >= 0.6 is 0 Å². The van der Waals surface area contributed by atoms with Gasteiger partial charge in [0.15, 0.2) is 0 Å². The molecule has 0 aromatic heterocycles. The lowest BCUT2D eigenvalue weighted by Crippen LogP contribution is -2.33. The van der Waals surface area contributed by atoms with Crippen LogP contribution in [0.3, 0.4) is 0 Å². The number of benzene rings is 1. The lowest BCUT2D eigenvalue weighted by Gasteiger charge is -2.28. The molecule has 3 nitrogen and oxygen atoms in total. The molecule has 0 spiro atoms. The Bertz CT molecular complexity index is 558. The van der Waals surface area contributed by atoms with Crippen LogP contribution in [0.2, 0.25) is 0 Å². The van der Waals surface area contributed by atoms with E-state index in [1.165, 1.54) is 37.7 Å². The number of anilines is 1. The highest BCUT2D eigenvalue weighted by Gasteiger charge is 2.42. The Morgan fingerprint density at radius 1 is 1.24 bits per heavy atom. The van der Waals surface area contributed by atoms with Gasteiger partial charge in [-0.2, -0.15) is 0 Å². The van der Waals surface area contributed by atoms with Crippen molar-refractivity contribution in [1.29, 1.82) is 0 Å². The first-order chi connectivity index (χ1) is 9.93. The van der Waals surface area contributed by atoms with E-state index in [9.17, 15) is 4.79 Å². The molecule has 0 saturated heterocycles. The molecule has 1 amide bonds. The van der Waals surface area contributed by atoms with Crippen LogP contribution in [0.25, 0.3) is 0 Å². The summed E-state index contributed by atoms with van der Waals surface area (Å²) < 4.78 is 0. The minimum Gasteiger partial charge on any atom is -0.324 e. The van der Waals surface area contributed by atoms with E-state index in [1.54, 1.807) is 4.90 Å². The maximum atomic E-state index is 12.4. The second-order valence-electron chi connectivity index (χ2n) is 7.19. The number of hydrogen-bond donors (Lipinski definition) is 1. The van der Waals surface area contributed by atoms with Crippen LogP contribution in [0.5, 0.6) is 0 Å². The van der Waals surface area contributed by atoms with Gasteiger partial charge in [0.1, 0.15) is 0 Å². The van der Waals surface area contributed by atoms with E-state index in [4.69, 9.17) is 5.73 Å². The van der Waals surface area contributed by atoms with Crippen molar-refractivity contribution in [2.75, 3.05) is 11.9 Å². The number of nitrogens with zero attached hydrogens (tertiary/aromatic N) is 1. The van der Waals surface area contributed by atoms with E-state index in [0.29, 0.717) is 5.92 Å². The Hall–Kier alpha value is -1.35. The summed E-state index contributed by atoms with van der Waals surface area (Å²) in [6.07, 6.45) is 6.42. The zero-order valence-corrected chi connectivity index (χ0v) is 13.4. The first-order valence-electron chi connectivity index (χ1n) is 8.11. The van der Waals surface area contributed by atoms with Gasteiger partial charge >= 0.3 is 0 Å². The molecule has 1 saturated carbocycles. The topological polar surface area (TPSA) is 46.3 Å². The van der Waals surface area contributed by atoms with Gasteiger partial charge in [0.2, 0.25) is 5.91 Å². The van der Waals surface area contributed by atoms with Crippen molar-refractivity contribution in [3.63, 3.8) is 0 Å². The SMILES string of the molecule is CN1C(=O)C(C)(C)c2cc(C(N)C3CCCCC3)ccc21. The van der Waals surface area contributed by atoms with Crippen molar-refractivity contribution in [3.05, 3.63) is 29.3 Å². The van der Waals surface area contributed by atoms with Gasteiger partial charge in [-0.25, -0.2) is 0 Å². The minimum atomic E-state index is -0.438. The number of hydrogen-bond acceptors (Lipinski definition) is 2. The first-order valence-corrected chi connectivity index (χ1v) is 8.11. The molecule has 1 unspecified atom stereocenters. The van der Waals surface area contributed by atoms with Gasteiger partial charge in [0.25, 0.3) is 0 Å². The fourth-order valence-corrected chi connectivity index (χ4v) is 3.96. The predicted octanol–water partition coefficient (Wildman–Crippen LogP) is 3.52. The highest BCUT2D eigenvalue weighted by Crippen LogP contribution is 2.43. The van der Waals surface area contributed by atoms with Crippen molar-refractivity contribution in [3.8, 4) is 0 Å². The summed E-state index contributed by atoms with van der Waals surface area (Å²) in [5, 5.41) is 0. The monoisotopic (exact) mass is 286 g/mol. The molecule has 1 aromatic carbocycles. The van der Waals surface area contributed by atoms with E-state index in [0.717, 1.165) is 11.3 Å². The Labute approximate surface area is 127 Å². The molecule has 114 valence electrons. The van der Waals surface area contributed by atoms with Crippen LogP contribution in [0.4, 0.5) is 5.69 Å². The normalized spacial score (nSPS) is 23.2. The summed E-state index contributed by atoms with van der Waals surface area (Å²) in [4.78, 5) is 14.1. The average Bonchev–Trinajstić information content (AvgIpc) is 2.68. The summed E-state index contributed by atoms with van der Waals surface area (Å²) >= 11 is 0. The lowest BCUT2D eigenvalue weighted by atomic mass is 9.79. The second kappa shape index (κ2) is 5.13. The van der Waals surface area contributed by atoms with Crippen molar-refractivity contribution in [2.45, 2.75) is 57.4 Å². The van der Waals surface area contributed by atoms with Gasteiger partial charge in [0.05, 0.1) is 5.41 Å². The maximum absolute atomic E-state index is 12.4. The minimum absolute atomic E-state index is 0.104. The largest absolute Gasteiger partial charge is 0.324 e. The molecular weight excluding hydrogens is 260 g/mol. The van der Waals surface area contributed by atoms with Crippen LogP contribution in [0, 0.1) is 5.92 Å². The number of likely N-dealkylation sites (N-methyl/N-ethyl adjacent to an activating group) is 1. The Morgan fingerprint density at radius 2 is 1.90 bits per heavy atom. The molecular formula is C18H26N2O. The van der Waals surface area contributed by atoms with Gasteiger partial charge < -0.3 is 10.6 Å². The summed E-state index contributed by atoms with van der Waals surface area (Å²) in [5.74, 6) is 0.760. The van der Waals surface area contributed by atoms with Crippen LogP contribution in [-0.4, -0.2) is 13.0 Å². The number of fused-ring (bicyclic) bond motifs is 1. The van der Waals surface area contributed by atoms with Crippen LogP contribution in [0.1, 0.15) is 63.1 Å². The van der Waals surface area contributed by atoms with Gasteiger partial charge in [-0.15, -0.1) is 0 Å². The van der Waals surface area contributed by atoms with E-state index >= 15 is 0 Å². The van der Waals surface area contributed by atoms with Crippen molar-refractivity contribution >= 4 is 11.6 Å². The van der Waals surface area contributed by atoms with Gasteiger partial charge in [-0.1, -0.05) is 31.4 Å². The molecule has 1 aliphatic carbocycles. The van der Waals surface area contributed by atoms with Crippen LogP contribution < -0.4 is 10.6 Å². The Balaban J connectivity index is 1.93. The van der Waals surface area contributed by atoms with Crippen molar-refractivity contribution in [1.82, 2.24) is 0 Å². The van der Waals surface area contributed by atoms with Crippen LogP contribution in [0.15, 0.2) is 18.2 Å². The molecule has 1 aromatic rings. The van der Waals surface area contributed by atoms with Crippen molar-refractivity contribution < 1.29 is 4.79 Å². The average molecular weight is 286 g/mol. The molecule has 3 rings (SSSR count). The molecule has 2 N–H and O–H groups in total. The molecule has 2 aliphatic rings.